The van der Waals surface area contributed by atoms with Gasteiger partial charge in [0.05, 0.1) is 5.75 Å². The van der Waals surface area contributed by atoms with Gasteiger partial charge in [0.1, 0.15) is 17.1 Å². The molecule has 0 unspecified atom stereocenters. The molecule has 0 bridgehead atoms. The molecule has 0 aliphatic carbocycles. The summed E-state index contributed by atoms with van der Waals surface area (Å²) in [5.74, 6) is 0.549. The number of aromatic amines is 1. The number of aliphatic hydroxyl groups is 1. The predicted molar refractivity (Wildman–Crippen MR) is 126 cm³/mol. The average molecular weight is 465 g/mol. The summed E-state index contributed by atoms with van der Waals surface area (Å²) < 4.78 is 1.68. The third-order valence-electron chi connectivity index (χ3n) is 5.22. The maximum Gasteiger partial charge on any atom is 0.354 e. The number of aromatic nitrogens is 6. The van der Waals surface area contributed by atoms with Gasteiger partial charge in [-0.3, -0.25) is 0 Å². The van der Waals surface area contributed by atoms with Crippen LogP contribution in [0.5, 0.6) is 0 Å². The zero-order valence-corrected chi connectivity index (χ0v) is 19.3. The molecule has 0 atom stereocenters. The van der Waals surface area contributed by atoms with Crippen LogP contribution in [0.2, 0.25) is 0 Å². The van der Waals surface area contributed by atoms with Crippen LogP contribution in [0, 0.1) is 0 Å². The van der Waals surface area contributed by atoms with Crippen molar-refractivity contribution in [3.05, 3.63) is 71.3 Å². The van der Waals surface area contributed by atoms with Crippen molar-refractivity contribution in [2.45, 2.75) is 31.7 Å². The van der Waals surface area contributed by atoms with E-state index in [1.54, 1.807) is 30.2 Å². The molecule has 2 aromatic carbocycles. The van der Waals surface area contributed by atoms with Gasteiger partial charge in [-0.05, 0) is 42.0 Å². The lowest BCUT2D eigenvalue weighted by atomic mass is 9.98. The normalized spacial score (nSPS) is 11.6. The zero-order chi connectivity index (χ0) is 23.6. The van der Waals surface area contributed by atoms with Crippen molar-refractivity contribution in [3.63, 3.8) is 0 Å². The standard InChI is InChI=1S/C23H24N6O3S/c1-23(2,32)20-19(22(30)31)29(18(24-20)13-33-3)12-14-8-10-15(11-9-14)16-6-4-5-7-17(16)21-25-27-28-26-21/h4-11,32H,12-13H2,1-3H3,(H,30,31)(H,25,26,27,28). The number of benzene rings is 2. The summed E-state index contributed by atoms with van der Waals surface area (Å²) in [6.07, 6.45) is 1.93. The number of hydrogen-bond donors (Lipinski definition) is 3. The molecule has 9 nitrogen and oxygen atoms in total. The summed E-state index contributed by atoms with van der Waals surface area (Å²) in [7, 11) is 0. The highest BCUT2D eigenvalue weighted by Gasteiger charge is 2.31. The first kappa shape index (κ1) is 22.7. The molecule has 10 heteroatoms. The Bertz CT molecular complexity index is 1260. The van der Waals surface area contributed by atoms with Crippen LogP contribution in [0.1, 0.15) is 41.4 Å². The van der Waals surface area contributed by atoms with Crippen LogP contribution in [0.4, 0.5) is 0 Å². The van der Waals surface area contributed by atoms with E-state index in [4.69, 9.17) is 0 Å². The van der Waals surface area contributed by atoms with Gasteiger partial charge >= 0.3 is 5.97 Å². The van der Waals surface area contributed by atoms with E-state index in [2.05, 4.69) is 25.6 Å². The van der Waals surface area contributed by atoms with E-state index in [0.717, 1.165) is 22.3 Å². The van der Waals surface area contributed by atoms with Gasteiger partial charge in [-0.15, -0.1) is 10.2 Å². The van der Waals surface area contributed by atoms with E-state index in [1.807, 2.05) is 54.8 Å². The molecule has 2 heterocycles. The Morgan fingerprint density at radius 3 is 2.39 bits per heavy atom. The Kier molecular flexibility index (Phi) is 6.30. The van der Waals surface area contributed by atoms with Gasteiger partial charge in [-0.2, -0.15) is 17.0 Å². The van der Waals surface area contributed by atoms with Crippen molar-refractivity contribution in [3.8, 4) is 22.5 Å². The zero-order valence-electron chi connectivity index (χ0n) is 18.5. The number of carboxylic acids is 1. The third-order valence-corrected chi connectivity index (χ3v) is 5.77. The maximum absolute atomic E-state index is 12.1. The smallest absolute Gasteiger partial charge is 0.354 e. The quantitative estimate of drug-likeness (QED) is 0.361. The molecule has 0 radical (unpaired) electrons. The van der Waals surface area contributed by atoms with Crippen LogP contribution in [-0.4, -0.2) is 52.6 Å². The first-order valence-corrected chi connectivity index (χ1v) is 11.7. The van der Waals surface area contributed by atoms with Gasteiger partial charge < -0.3 is 14.8 Å². The summed E-state index contributed by atoms with van der Waals surface area (Å²) in [6, 6.07) is 15.7. The second kappa shape index (κ2) is 9.16. The SMILES string of the molecule is CSCc1nc(C(C)(C)O)c(C(=O)O)n1Cc1ccc(-c2ccccc2-c2nn[nH]n2)cc1. The number of carboxylic acid groups (broad SMARTS) is 1. The van der Waals surface area contributed by atoms with Gasteiger partial charge in [-0.25, -0.2) is 9.78 Å². The van der Waals surface area contributed by atoms with Crippen molar-refractivity contribution in [1.29, 1.82) is 0 Å². The number of aromatic carboxylic acids is 1. The molecule has 0 amide bonds. The van der Waals surface area contributed by atoms with E-state index in [-0.39, 0.29) is 11.4 Å². The van der Waals surface area contributed by atoms with Gasteiger partial charge in [0.15, 0.2) is 5.69 Å². The Balaban J connectivity index is 1.70. The fourth-order valence-electron chi connectivity index (χ4n) is 3.73. The summed E-state index contributed by atoms with van der Waals surface area (Å²) in [6.45, 7) is 3.42. The lowest BCUT2D eigenvalue weighted by Crippen LogP contribution is -2.22. The van der Waals surface area contributed by atoms with Gasteiger partial charge in [-0.1, -0.05) is 48.5 Å². The van der Waals surface area contributed by atoms with E-state index in [0.29, 0.717) is 23.9 Å². The molecule has 33 heavy (non-hydrogen) atoms. The molecule has 0 fully saturated rings. The Morgan fingerprint density at radius 2 is 1.82 bits per heavy atom. The molecule has 0 saturated carbocycles. The average Bonchev–Trinajstić information content (AvgIpc) is 3.43. The fourth-order valence-corrected chi connectivity index (χ4v) is 4.21. The predicted octanol–water partition coefficient (Wildman–Crippen LogP) is 3.57. The second-order valence-corrected chi connectivity index (χ2v) is 8.95. The molecular formula is C23H24N6O3S. The highest BCUT2D eigenvalue weighted by atomic mass is 32.2. The minimum atomic E-state index is -1.37. The molecule has 0 aliphatic heterocycles. The van der Waals surface area contributed by atoms with Crippen LogP contribution < -0.4 is 0 Å². The number of thioether (sulfide) groups is 1. The minimum Gasteiger partial charge on any atom is -0.477 e. The molecule has 0 aliphatic rings. The van der Waals surface area contributed by atoms with E-state index >= 15 is 0 Å². The number of carbonyl (C=O) groups is 1. The monoisotopic (exact) mass is 464 g/mol. The van der Waals surface area contributed by atoms with Crippen molar-refractivity contribution >= 4 is 17.7 Å². The van der Waals surface area contributed by atoms with Crippen molar-refractivity contribution in [2.75, 3.05) is 6.26 Å². The first-order chi connectivity index (χ1) is 15.8. The number of nitrogens with one attached hydrogen (secondary N) is 1. The summed E-state index contributed by atoms with van der Waals surface area (Å²) >= 11 is 1.55. The highest BCUT2D eigenvalue weighted by molar-refractivity contribution is 7.97. The van der Waals surface area contributed by atoms with Crippen molar-refractivity contribution in [2.24, 2.45) is 0 Å². The van der Waals surface area contributed by atoms with Crippen molar-refractivity contribution in [1.82, 2.24) is 30.2 Å². The van der Waals surface area contributed by atoms with E-state index in [9.17, 15) is 15.0 Å². The highest BCUT2D eigenvalue weighted by Crippen LogP contribution is 2.31. The summed E-state index contributed by atoms with van der Waals surface area (Å²) in [5.41, 5.74) is 2.54. The van der Waals surface area contributed by atoms with Crippen LogP contribution in [0.25, 0.3) is 22.5 Å². The maximum atomic E-state index is 12.1. The first-order valence-electron chi connectivity index (χ1n) is 10.3. The Hall–Kier alpha value is -3.50. The molecule has 4 aromatic rings. The molecule has 2 aromatic heterocycles. The van der Waals surface area contributed by atoms with Crippen LogP contribution >= 0.6 is 11.8 Å². The molecule has 170 valence electrons. The Labute approximate surface area is 194 Å². The fraction of sp³-hybridized carbons (Fsp3) is 0.261. The van der Waals surface area contributed by atoms with Crippen LogP contribution in [0.3, 0.4) is 0 Å². The Morgan fingerprint density at radius 1 is 1.12 bits per heavy atom. The van der Waals surface area contributed by atoms with Gasteiger partial charge in [0, 0.05) is 12.1 Å². The third kappa shape index (κ3) is 4.67. The number of imidazole rings is 1. The van der Waals surface area contributed by atoms with Gasteiger partial charge in [0.25, 0.3) is 0 Å². The number of nitrogens with zero attached hydrogens (tertiary/aromatic N) is 5. The van der Waals surface area contributed by atoms with Crippen molar-refractivity contribution < 1.29 is 15.0 Å². The topological polar surface area (TPSA) is 130 Å². The van der Waals surface area contributed by atoms with Gasteiger partial charge in [0.2, 0.25) is 5.82 Å². The van der Waals surface area contributed by atoms with E-state index < -0.39 is 11.6 Å². The lowest BCUT2D eigenvalue weighted by molar-refractivity contribution is 0.0602. The number of rotatable bonds is 8. The number of hydrogen-bond acceptors (Lipinski definition) is 7. The number of H-pyrrole nitrogens is 1. The molecular weight excluding hydrogens is 440 g/mol. The van der Waals surface area contributed by atoms with Crippen LogP contribution in [0.15, 0.2) is 48.5 Å². The summed E-state index contributed by atoms with van der Waals surface area (Å²) in [4.78, 5) is 16.6. The largest absolute Gasteiger partial charge is 0.477 e. The second-order valence-electron chi connectivity index (χ2n) is 8.09. The minimum absolute atomic E-state index is 0.0121. The summed E-state index contributed by atoms with van der Waals surface area (Å²) in [5, 5.41) is 34.7. The van der Waals surface area contributed by atoms with E-state index in [1.165, 1.54) is 0 Å². The lowest BCUT2D eigenvalue weighted by Gasteiger charge is -2.16. The van der Waals surface area contributed by atoms with Crippen LogP contribution in [-0.2, 0) is 17.9 Å². The molecule has 0 spiro atoms. The molecule has 0 saturated heterocycles. The number of tetrazole rings is 1. The molecule has 4 rings (SSSR count). The molecule has 3 N–H and O–H groups in total.